The number of aryl methyl sites for hydroxylation is 1. The lowest BCUT2D eigenvalue weighted by Crippen LogP contribution is -2.34. The molecule has 0 spiro atoms. The SMILES string of the molecule is CC(=O)c1c(C)c(Nc2cc(C)[nH]n2)nc(CC2CCN(Cc3cccc(Cl)c3F)CC2)c1F. The zero-order valence-corrected chi connectivity index (χ0v) is 20.3. The molecule has 2 N–H and O–H groups in total. The molecule has 1 aromatic carbocycles. The zero-order chi connectivity index (χ0) is 24.4. The first-order valence-corrected chi connectivity index (χ1v) is 11.7. The number of carbonyl (C=O) groups is 1. The number of aromatic amines is 1. The molecule has 1 aliphatic heterocycles. The molecular weight excluding hydrogens is 460 g/mol. The van der Waals surface area contributed by atoms with Crippen LogP contribution < -0.4 is 5.32 Å². The van der Waals surface area contributed by atoms with Gasteiger partial charge in [-0.2, -0.15) is 5.10 Å². The van der Waals surface area contributed by atoms with E-state index < -0.39 is 5.82 Å². The van der Waals surface area contributed by atoms with Gasteiger partial charge in [0, 0.05) is 29.4 Å². The summed E-state index contributed by atoms with van der Waals surface area (Å²) in [5.41, 5.74) is 2.26. The first-order chi connectivity index (χ1) is 16.2. The van der Waals surface area contributed by atoms with E-state index in [2.05, 4.69) is 25.4 Å². The molecule has 0 unspecified atom stereocenters. The Balaban J connectivity index is 1.48. The molecule has 34 heavy (non-hydrogen) atoms. The monoisotopic (exact) mass is 487 g/mol. The maximum absolute atomic E-state index is 15.3. The maximum atomic E-state index is 15.3. The molecule has 0 radical (unpaired) electrons. The third-order valence-electron chi connectivity index (χ3n) is 6.37. The van der Waals surface area contributed by atoms with Crippen LogP contribution in [-0.4, -0.2) is 39.0 Å². The summed E-state index contributed by atoms with van der Waals surface area (Å²) in [5, 5.41) is 10.2. The number of carbonyl (C=O) groups excluding carboxylic acids is 1. The fourth-order valence-electron chi connectivity index (χ4n) is 4.51. The van der Waals surface area contributed by atoms with Crippen molar-refractivity contribution in [2.75, 3.05) is 18.4 Å². The highest BCUT2D eigenvalue weighted by atomic mass is 35.5. The van der Waals surface area contributed by atoms with Gasteiger partial charge in [-0.05, 0) is 65.1 Å². The highest BCUT2D eigenvalue weighted by Gasteiger charge is 2.26. The molecular formula is C25H28ClF2N5O. The number of ketones is 1. The van der Waals surface area contributed by atoms with Crippen LogP contribution in [0.15, 0.2) is 24.3 Å². The number of nitrogens with zero attached hydrogens (tertiary/aromatic N) is 3. The molecule has 2 aromatic heterocycles. The van der Waals surface area contributed by atoms with Gasteiger partial charge in [0.1, 0.15) is 11.6 Å². The number of piperidine rings is 1. The number of likely N-dealkylation sites (tertiary alicyclic amines) is 1. The molecule has 3 heterocycles. The first kappa shape index (κ1) is 24.3. The Hall–Kier alpha value is -2.84. The van der Waals surface area contributed by atoms with Gasteiger partial charge >= 0.3 is 0 Å². The van der Waals surface area contributed by atoms with Crippen molar-refractivity contribution in [2.24, 2.45) is 5.92 Å². The van der Waals surface area contributed by atoms with E-state index in [0.29, 0.717) is 35.7 Å². The van der Waals surface area contributed by atoms with Gasteiger partial charge in [-0.3, -0.25) is 14.8 Å². The molecule has 0 atom stereocenters. The van der Waals surface area contributed by atoms with Crippen molar-refractivity contribution in [3.05, 3.63) is 69.0 Å². The average Bonchev–Trinajstić information content (AvgIpc) is 3.20. The van der Waals surface area contributed by atoms with Gasteiger partial charge in [-0.25, -0.2) is 13.8 Å². The average molecular weight is 488 g/mol. The second kappa shape index (κ2) is 10.2. The van der Waals surface area contributed by atoms with Gasteiger partial charge in [0.2, 0.25) is 0 Å². The summed E-state index contributed by atoms with van der Waals surface area (Å²) >= 11 is 5.90. The van der Waals surface area contributed by atoms with Gasteiger partial charge in [0.05, 0.1) is 16.3 Å². The fraction of sp³-hybridized carbons (Fsp3) is 0.400. The first-order valence-electron chi connectivity index (χ1n) is 11.4. The second-order valence-electron chi connectivity index (χ2n) is 8.98. The molecule has 9 heteroatoms. The van der Waals surface area contributed by atoms with Gasteiger partial charge in [-0.15, -0.1) is 0 Å². The van der Waals surface area contributed by atoms with E-state index in [1.165, 1.54) is 6.92 Å². The molecule has 4 rings (SSSR count). The van der Waals surface area contributed by atoms with E-state index in [1.807, 2.05) is 13.0 Å². The Bertz CT molecular complexity index is 1200. The predicted octanol–water partition coefficient (Wildman–Crippen LogP) is 5.75. The minimum absolute atomic E-state index is 0.0635. The third-order valence-corrected chi connectivity index (χ3v) is 6.66. The van der Waals surface area contributed by atoms with Gasteiger partial charge in [0.15, 0.2) is 17.4 Å². The van der Waals surface area contributed by atoms with Crippen LogP contribution in [0.1, 0.15) is 52.6 Å². The molecule has 1 fully saturated rings. The van der Waals surface area contributed by atoms with Crippen molar-refractivity contribution in [2.45, 2.75) is 46.6 Å². The van der Waals surface area contributed by atoms with Gasteiger partial charge in [-0.1, -0.05) is 23.7 Å². The van der Waals surface area contributed by atoms with Crippen LogP contribution in [0.5, 0.6) is 0 Å². The van der Waals surface area contributed by atoms with Gasteiger partial charge < -0.3 is 5.32 Å². The Labute approximate surface area is 202 Å². The summed E-state index contributed by atoms with van der Waals surface area (Å²) in [7, 11) is 0. The van der Waals surface area contributed by atoms with Crippen LogP contribution in [0.2, 0.25) is 5.02 Å². The van der Waals surface area contributed by atoms with Crippen LogP contribution in [0, 0.1) is 31.4 Å². The number of halogens is 3. The van der Waals surface area contributed by atoms with Crippen molar-refractivity contribution < 1.29 is 13.6 Å². The van der Waals surface area contributed by atoms with Crippen molar-refractivity contribution in [1.82, 2.24) is 20.1 Å². The zero-order valence-electron chi connectivity index (χ0n) is 19.5. The van der Waals surface area contributed by atoms with Crippen LogP contribution in [0.3, 0.4) is 0 Å². The minimum atomic E-state index is -0.544. The third kappa shape index (κ3) is 5.28. The van der Waals surface area contributed by atoms with Crippen molar-refractivity contribution in [1.29, 1.82) is 0 Å². The largest absolute Gasteiger partial charge is 0.323 e. The molecule has 1 saturated heterocycles. The lowest BCUT2D eigenvalue weighted by atomic mass is 9.90. The standard InChI is InChI=1S/C25H28ClF2N5O/c1-14-11-21(32-31-14)30-25-15(2)22(16(3)34)24(28)20(29-25)12-17-7-9-33(10-8-17)13-18-5-4-6-19(26)23(18)27/h4-6,11,17H,7-10,12-13H2,1-3H3,(H2,29,30,31,32). The van der Waals surface area contributed by atoms with Crippen molar-refractivity contribution in [3.8, 4) is 0 Å². The summed E-state index contributed by atoms with van der Waals surface area (Å²) in [4.78, 5) is 19.0. The Morgan fingerprint density at radius 2 is 1.97 bits per heavy atom. The lowest BCUT2D eigenvalue weighted by Gasteiger charge is -2.32. The van der Waals surface area contributed by atoms with Crippen molar-refractivity contribution in [3.63, 3.8) is 0 Å². The Morgan fingerprint density at radius 3 is 2.62 bits per heavy atom. The Kier molecular flexibility index (Phi) is 7.28. The van der Waals surface area contributed by atoms with Crippen LogP contribution in [0.25, 0.3) is 0 Å². The number of rotatable bonds is 7. The quantitative estimate of drug-likeness (QED) is 0.415. The normalized spacial score (nSPS) is 15.0. The molecule has 0 amide bonds. The van der Waals surface area contributed by atoms with Crippen LogP contribution in [-0.2, 0) is 13.0 Å². The molecule has 180 valence electrons. The second-order valence-corrected chi connectivity index (χ2v) is 9.38. The number of hydrogen-bond acceptors (Lipinski definition) is 5. The lowest BCUT2D eigenvalue weighted by molar-refractivity contribution is 0.101. The highest BCUT2D eigenvalue weighted by molar-refractivity contribution is 6.30. The van der Waals surface area contributed by atoms with E-state index in [0.717, 1.165) is 31.6 Å². The topological polar surface area (TPSA) is 73.9 Å². The fourth-order valence-corrected chi connectivity index (χ4v) is 4.70. The number of hydrogen-bond donors (Lipinski definition) is 2. The number of H-pyrrole nitrogens is 1. The number of aromatic nitrogens is 3. The maximum Gasteiger partial charge on any atom is 0.163 e. The predicted molar refractivity (Wildman–Crippen MR) is 129 cm³/mol. The summed E-state index contributed by atoms with van der Waals surface area (Å²) in [6.07, 6.45) is 2.09. The molecule has 0 saturated carbocycles. The summed E-state index contributed by atoms with van der Waals surface area (Å²) in [6.45, 7) is 6.95. The molecule has 0 aliphatic carbocycles. The van der Waals surface area contributed by atoms with E-state index in [4.69, 9.17) is 11.6 Å². The highest BCUT2D eigenvalue weighted by Crippen LogP contribution is 2.30. The number of nitrogens with one attached hydrogen (secondary N) is 2. The molecule has 0 bridgehead atoms. The molecule has 1 aliphatic rings. The summed E-state index contributed by atoms with van der Waals surface area (Å²) in [5.74, 6) is -0.0503. The molecule has 3 aromatic rings. The number of anilines is 2. The summed E-state index contributed by atoms with van der Waals surface area (Å²) < 4.78 is 29.6. The van der Waals surface area contributed by atoms with Gasteiger partial charge in [0.25, 0.3) is 0 Å². The minimum Gasteiger partial charge on any atom is -0.323 e. The van der Waals surface area contributed by atoms with E-state index in [9.17, 15) is 9.18 Å². The van der Waals surface area contributed by atoms with E-state index >= 15 is 4.39 Å². The Morgan fingerprint density at radius 1 is 1.24 bits per heavy atom. The van der Waals surface area contributed by atoms with Crippen LogP contribution in [0.4, 0.5) is 20.4 Å². The smallest absolute Gasteiger partial charge is 0.163 e. The van der Waals surface area contributed by atoms with Crippen LogP contribution >= 0.6 is 11.6 Å². The number of pyridine rings is 1. The van der Waals surface area contributed by atoms with E-state index in [1.54, 1.807) is 25.1 Å². The molecule has 6 nitrogen and oxygen atoms in total. The number of benzene rings is 1. The van der Waals surface area contributed by atoms with E-state index in [-0.39, 0.29) is 33.8 Å². The summed E-state index contributed by atoms with van der Waals surface area (Å²) in [6, 6.07) is 6.86. The number of Topliss-reactive ketones (excluding diaryl/α,β-unsaturated/α-hetero) is 1. The van der Waals surface area contributed by atoms with Crippen molar-refractivity contribution >= 4 is 29.0 Å².